The van der Waals surface area contributed by atoms with E-state index in [2.05, 4.69) is 171 Å². The van der Waals surface area contributed by atoms with E-state index in [4.69, 9.17) is 9.41 Å². The predicted octanol–water partition coefficient (Wildman–Crippen LogP) is 10.6. The number of aliphatic imine (C=N–C) groups is 1. The van der Waals surface area contributed by atoms with Gasteiger partial charge in [0.15, 0.2) is 0 Å². The molecule has 0 spiro atoms. The van der Waals surface area contributed by atoms with Crippen molar-refractivity contribution in [3.8, 4) is 5.69 Å². The van der Waals surface area contributed by atoms with Crippen molar-refractivity contribution in [3.63, 3.8) is 0 Å². The smallest absolute Gasteiger partial charge is 0.206 e. The van der Waals surface area contributed by atoms with Gasteiger partial charge in [-0.2, -0.15) is 0 Å². The molecule has 10 aromatic rings. The van der Waals surface area contributed by atoms with Gasteiger partial charge in [0.2, 0.25) is 5.96 Å². The third kappa shape index (κ3) is 4.17. The molecule has 0 fully saturated rings. The minimum absolute atomic E-state index is 0.171. The summed E-state index contributed by atoms with van der Waals surface area (Å²) < 4.78 is 11.5. The Balaban J connectivity index is 1.29. The Bertz CT molecular complexity index is 2970. The lowest BCUT2D eigenvalue weighted by molar-refractivity contribution is 0.403. The molecule has 0 saturated heterocycles. The van der Waals surface area contributed by atoms with Gasteiger partial charge in [-0.1, -0.05) is 115 Å². The minimum atomic E-state index is -0.265. The molecule has 11 rings (SSSR count). The van der Waals surface area contributed by atoms with Gasteiger partial charge in [-0.05, 0) is 59.7 Å². The fraction of sp³-hybridized carbons (Fsp3) is 0.0444. The number of rotatable bonds is 3. The van der Waals surface area contributed by atoms with E-state index in [-0.39, 0.29) is 12.3 Å². The Hall–Kier alpha value is -6.63. The highest BCUT2D eigenvalue weighted by atomic mass is 16.3. The summed E-state index contributed by atoms with van der Waals surface area (Å²) in [6.07, 6.45) is -0.436. The van der Waals surface area contributed by atoms with E-state index in [1.807, 2.05) is 12.1 Å². The van der Waals surface area contributed by atoms with Crippen molar-refractivity contribution in [1.82, 2.24) is 19.8 Å². The minimum Gasteiger partial charge on any atom is -0.455 e. The lowest BCUT2D eigenvalue weighted by Gasteiger charge is -2.32. The zero-order valence-corrected chi connectivity index (χ0v) is 27.5. The van der Waals surface area contributed by atoms with Gasteiger partial charge in [0.25, 0.3) is 0 Å². The standard InChI is InChI=1S/C45H31N5O/c1-4-14-28(15-5-1)43-46-44(29-16-6-2-7-17-29)48-45(47-43)50-36-27-26-35-39(33-21-10-12-22-34(33)49(35)30-18-8-3-9-19-30)40(36)41-37(50)25-24-32-31-20-11-13-23-38(31)51-42(32)41/h1-27,43-44,46H,(H,47,48). The molecule has 2 N–H and O–H groups in total. The number of hydrogen-bond acceptors (Lipinski definition) is 4. The molecule has 1 aliphatic rings. The van der Waals surface area contributed by atoms with E-state index in [9.17, 15) is 0 Å². The van der Waals surface area contributed by atoms with Crippen molar-refractivity contribution in [2.45, 2.75) is 12.3 Å². The molecular formula is C45H31N5O. The van der Waals surface area contributed by atoms with Gasteiger partial charge >= 0.3 is 0 Å². The van der Waals surface area contributed by atoms with Crippen LogP contribution < -0.4 is 10.6 Å². The quantitative estimate of drug-likeness (QED) is 0.199. The molecule has 2 unspecified atom stereocenters. The largest absolute Gasteiger partial charge is 0.455 e. The topological polar surface area (TPSA) is 59.4 Å². The molecule has 242 valence electrons. The van der Waals surface area contributed by atoms with Gasteiger partial charge in [0.1, 0.15) is 23.5 Å². The van der Waals surface area contributed by atoms with Crippen LogP contribution in [-0.4, -0.2) is 15.1 Å². The third-order valence-corrected chi connectivity index (χ3v) is 10.4. The maximum Gasteiger partial charge on any atom is 0.206 e. The molecule has 6 nitrogen and oxygen atoms in total. The first-order chi connectivity index (χ1) is 25.3. The zero-order chi connectivity index (χ0) is 33.5. The summed E-state index contributed by atoms with van der Waals surface area (Å²) in [6, 6.07) is 57.6. The van der Waals surface area contributed by atoms with Crippen LogP contribution in [0.2, 0.25) is 0 Å². The zero-order valence-electron chi connectivity index (χ0n) is 27.5. The molecule has 4 heterocycles. The Morgan fingerprint density at radius 3 is 1.86 bits per heavy atom. The molecule has 3 aromatic heterocycles. The Morgan fingerprint density at radius 2 is 1.08 bits per heavy atom. The SMILES string of the molecule is c1ccc(C2N=C(n3c4ccc5c6ccccc6oc5c4c4c5c6ccccc6n(-c6ccccc6)c5ccc43)NC(c3ccccc3)N2)cc1. The van der Waals surface area contributed by atoms with Crippen LogP contribution in [0.15, 0.2) is 173 Å². The molecule has 0 amide bonds. The molecule has 0 bridgehead atoms. The highest BCUT2D eigenvalue weighted by Gasteiger charge is 2.30. The molecule has 0 aliphatic carbocycles. The second-order valence-electron chi connectivity index (χ2n) is 13.2. The number of para-hydroxylation sites is 3. The van der Waals surface area contributed by atoms with Crippen LogP contribution in [0.1, 0.15) is 23.5 Å². The second kappa shape index (κ2) is 10.9. The number of furan rings is 1. The van der Waals surface area contributed by atoms with Crippen LogP contribution in [0.3, 0.4) is 0 Å². The van der Waals surface area contributed by atoms with E-state index >= 15 is 0 Å². The van der Waals surface area contributed by atoms with Crippen molar-refractivity contribution in [3.05, 3.63) is 175 Å². The summed E-state index contributed by atoms with van der Waals surface area (Å²) in [5.41, 5.74) is 9.54. The lowest BCUT2D eigenvalue weighted by atomic mass is 10.0. The van der Waals surface area contributed by atoms with E-state index in [0.29, 0.717) is 0 Å². The number of nitrogens with zero attached hydrogens (tertiary/aromatic N) is 3. The molecule has 7 aromatic carbocycles. The van der Waals surface area contributed by atoms with E-state index in [1.165, 1.54) is 10.8 Å². The normalized spacial score (nSPS) is 16.4. The van der Waals surface area contributed by atoms with E-state index < -0.39 is 0 Å². The summed E-state index contributed by atoms with van der Waals surface area (Å²) in [6.45, 7) is 0. The summed E-state index contributed by atoms with van der Waals surface area (Å²) in [7, 11) is 0. The first-order valence-corrected chi connectivity index (χ1v) is 17.4. The molecular weight excluding hydrogens is 627 g/mol. The van der Waals surface area contributed by atoms with E-state index in [0.717, 1.165) is 77.6 Å². The Labute approximate surface area is 292 Å². The number of nitrogens with one attached hydrogen (secondary N) is 2. The first-order valence-electron chi connectivity index (χ1n) is 17.4. The fourth-order valence-electron chi connectivity index (χ4n) is 8.19. The summed E-state index contributed by atoms with van der Waals surface area (Å²) in [4.78, 5) is 5.41. The maximum atomic E-state index is 6.82. The van der Waals surface area contributed by atoms with Crippen LogP contribution in [-0.2, 0) is 0 Å². The van der Waals surface area contributed by atoms with Crippen LogP contribution in [0.4, 0.5) is 0 Å². The number of fused-ring (bicyclic) bond motifs is 11. The van der Waals surface area contributed by atoms with Gasteiger partial charge < -0.3 is 14.3 Å². The maximum absolute atomic E-state index is 6.82. The highest BCUT2D eigenvalue weighted by Crippen LogP contribution is 2.45. The summed E-state index contributed by atoms with van der Waals surface area (Å²) >= 11 is 0. The average Bonchev–Trinajstić information content (AvgIpc) is 3.86. The van der Waals surface area contributed by atoms with Gasteiger partial charge in [-0.3, -0.25) is 9.88 Å². The Kier molecular flexibility index (Phi) is 6.05. The molecule has 1 aliphatic heterocycles. The molecule has 0 radical (unpaired) electrons. The number of hydrogen-bond donors (Lipinski definition) is 2. The van der Waals surface area contributed by atoms with Crippen molar-refractivity contribution < 1.29 is 4.42 Å². The summed E-state index contributed by atoms with van der Waals surface area (Å²) in [5, 5.41) is 14.4. The van der Waals surface area contributed by atoms with Crippen molar-refractivity contribution >= 4 is 71.5 Å². The van der Waals surface area contributed by atoms with Gasteiger partial charge in [-0.25, -0.2) is 4.99 Å². The second-order valence-corrected chi connectivity index (χ2v) is 13.2. The van der Waals surface area contributed by atoms with Crippen molar-refractivity contribution in [1.29, 1.82) is 0 Å². The molecule has 51 heavy (non-hydrogen) atoms. The lowest BCUT2D eigenvalue weighted by Crippen LogP contribution is -2.47. The van der Waals surface area contributed by atoms with Crippen LogP contribution in [0, 0.1) is 0 Å². The van der Waals surface area contributed by atoms with E-state index in [1.54, 1.807) is 0 Å². The predicted molar refractivity (Wildman–Crippen MR) is 209 cm³/mol. The van der Waals surface area contributed by atoms with Crippen molar-refractivity contribution in [2.75, 3.05) is 0 Å². The van der Waals surface area contributed by atoms with Crippen LogP contribution in [0.25, 0.3) is 71.2 Å². The molecule has 2 atom stereocenters. The summed E-state index contributed by atoms with van der Waals surface area (Å²) in [5.74, 6) is 0.776. The monoisotopic (exact) mass is 657 g/mol. The van der Waals surface area contributed by atoms with Crippen molar-refractivity contribution in [2.24, 2.45) is 4.99 Å². The Morgan fingerprint density at radius 1 is 0.471 bits per heavy atom. The first kappa shape index (κ1) is 28.2. The number of aromatic nitrogens is 2. The average molecular weight is 658 g/mol. The van der Waals surface area contributed by atoms with Gasteiger partial charge in [-0.15, -0.1) is 0 Å². The molecule has 6 heteroatoms. The van der Waals surface area contributed by atoms with Gasteiger partial charge in [0, 0.05) is 32.6 Å². The third-order valence-electron chi connectivity index (χ3n) is 10.4. The van der Waals surface area contributed by atoms with Crippen LogP contribution in [0.5, 0.6) is 0 Å². The van der Waals surface area contributed by atoms with Gasteiger partial charge in [0.05, 0.1) is 27.5 Å². The van der Waals surface area contributed by atoms with Crippen LogP contribution >= 0.6 is 0 Å². The number of benzene rings is 7. The highest BCUT2D eigenvalue weighted by molar-refractivity contribution is 6.35. The molecule has 0 saturated carbocycles. The fourth-order valence-corrected chi connectivity index (χ4v) is 8.19.